The number of fused-ring (bicyclic) bond motifs is 1. The van der Waals surface area contributed by atoms with Crippen molar-refractivity contribution >= 4 is 27.4 Å². The van der Waals surface area contributed by atoms with E-state index in [4.69, 9.17) is 5.11 Å². The van der Waals surface area contributed by atoms with Gasteiger partial charge in [0.1, 0.15) is 0 Å². The lowest BCUT2D eigenvalue weighted by Crippen LogP contribution is -2.21. The van der Waals surface area contributed by atoms with Crippen LogP contribution in [0.15, 0.2) is 23.6 Å². The van der Waals surface area contributed by atoms with E-state index in [1.807, 2.05) is 6.07 Å². The molecule has 0 fully saturated rings. The van der Waals surface area contributed by atoms with Gasteiger partial charge in [-0.2, -0.15) is 0 Å². The number of hydrogen-bond donors (Lipinski definition) is 2. The van der Waals surface area contributed by atoms with Crippen LogP contribution in [0.4, 0.5) is 0 Å². The van der Waals surface area contributed by atoms with Crippen LogP contribution in [0.1, 0.15) is 29.8 Å². The Morgan fingerprint density at radius 2 is 2.24 bits per heavy atom. The van der Waals surface area contributed by atoms with Crippen LogP contribution in [0.3, 0.4) is 0 Å². The highest BCUT2D eigenvalue weighted by atomic mass is 32.1. The van der Waals surface area contributed by atoms with E-state index in [9.17, 15) is 4.79 Å². The molecule has 0 aliphatic carbocycles. The van der Waals surface area contributed by atoms with Gasteiger partial charge >= 0.3 is 5.97 Å². The topological polar surface area (TPSA) is 49.3 Å². The standard InChI is InChI=1S/C13H15NO2S/c1-8(2)14-6-10-7-17-12-4-3-9(13(15)16)5-11(10)12/h3-5,7-8,14H,6H2,1-2H3,(H,15,16). The predicted octanol–water partition coefficient (Wildman–Crippen LogP) is 3.10. The second kappa shape index (κ2) is 4.85. The molecule has 1 aromatic heterocycles. The van der Waals surface area contributed by atoms with E-state index < -0.39 is 5.97 Å². The average molecular weight is 249 g/mol. The van der Waals surface area contributed by atoms with Crippen LogP contribution in [0.2, 0.25) is 0 Å². The highest BCUT2D eigenvalue weighted by Gasteiger charge is 2.08. The molecule has 0 bridgehead atoms. The highest BCUT2D eigenvalue weighted by Crippen LogP contribution is 2.27. The van der Waals surface area contributed by atoms with Crippen molar-refractivity contribution in [1.82, 2.24) is 5.32 Å². The first-order chi connectivity index (χ1) is 8.08. The molecule has 0 aliphatic rings. The van der Waals surface area contributed by atoms with E-state index in [1.165, 1.54) is 5.56 Å². The lowest BCUT2D eigenvalue weighted by atomic mass is 10.1. The quantitative estimate of drug-likeness (QED) is 0.875. The van der Waals surface area contributed by atoms with Gasteiger partial charge in [0.15, 0.2) is 0 Å². The van der Waals surface area contributed by atoms with E-state index in [0.29, 0.717) is 11.6 Å². The van der Waals surface area contributed by atoms with Crippen LogP contribution in [-0.4, -0.2) is 17.1 Å². The Bertz CT molecular complexity index is 545. The molecule has 2 N–H and O–H groups in total. The molecule has 0 spiro atoms. The zero-order chi connectivity index (χ0) is 12.4. The van der Waals surface area contributed by atoms with Crippen molar-refractivity contribution in [3.05, 3.63) is 34.7 Å². The van der Waals surface area contributed by atoms with Crippen LogP contribution in [0.5, 0.6) is 0 Å². The summed E-state index contributed by atoms with van der Waals surface area (Å²) in [5, 5.41) is 15.5. The first-order valence-electron chi connectivity index (χ1n) is 5.54. The Hall–Kier alpha value is -1.39. The molecule has 1 heterocycles. The summed E-state index contributed by atoms with van der Waals surface area (Å²) in [6.07, 6.45) is 0. The maximum atomic E-state index is 10.9. The van der Waals surface area contributed by atoms with Gasteiger partial charge in [0.2, 0.25) is 0 Å². The van der Waals surface area contributed by atoms with Crippen LogP contribution in [0, 0.1) is 0 Å². The molecule has 0 radical (unpaired) electrons. The zero-order valence-electron chi connectivity index (χ0n) is 9.86. The monoisotopic (exact) mass is 249 g/mol. The second-order valence-electron chi connectivity index (χ2n) is 4.31. The lowest BCUT2D eigenvalue weighted by Gasteiger charge is -2.07. The van der Waals surface area contributed by atoms with Crippen LogP contribution < -0.4 is 5.32 Å². The smallest absolute Gasteiger partial charge is 0.335 e. The van der Waals surface area contributed by atoms with E-state index >= 15 is 0 Å². The van der Waals surface area contributed by atoms with Crippen molar-refractivity contribution < 1.29 is 9.90 Å². The van der Waals surface area contributed by atoms with Gasteiger partial charge in [-0.1, -0.05) is 13.8 Å². The fourth-order valence-electron chi connectivity index (χ4n) is 1.67. The number of carbonyl (C=O) groups is 1. The third-order valence-electron chi connectivity index (χ3n) is 2.60. The van der Waals surface area contributed by atoms with E-state index in [-0.39, 0.29) is 0 Å². The molecular formula is C13H15NO2S. The summed E-state index contributed by atoms with van der Waals surface area (Å²) in [4.78, 5) is 10.9. The maximum absolute atomic E-state index is 10.9. The SMILES string of the molecule is CC(C)NCc1csc2ccc(C(=O)O)cc12. The molecule has 3 nitrogen and oxygen atoms in total. The minimum atomic E-state index is -0.874. The normalized spacial score (nSPS) is 11.2. The Morgan fingerprint density at radius 1 is 1.47 bits per heavy atom. The van der Waals surface area contributed by atoms with Crippen molar-refractivity contribution in [2.45, 2.75) is 26.4 Å². The number of aromatic carboxylic acids is 1. The zero-order valence-corrected chi connectivity index (χ0v) is 10.7. The molecule has 2 aromatic rings. The maximum Gasteiger partial charge on any atom is 0.335 e. The molecule has 2 rings (SSSR count). The summed E-state index contributed by atoms with van der Waals surface area (Å²) >= 11 is 1.65. The number of benzene rings is 1. The molecule has 4 heteroatoms. The molecule has 0 amide bonds. The summed E-state index contributed by atoms with van der Waals surface area (Å²) in [7, 11) is 0. The Morgan fingerprint density at radius 3 is 2.88 bits per heavy atom. The molecule has 0 aliphatic heterocycles. The fourth-order valence-corrected chi connectivity index (χ4v) is 2.61. The average Bonchev–Trinajstić information content (AvgIpc) is 2.68. The molecule has 90 valence electrons. The molecule has 17 heavy (non-hydrogen) atoms. The first-order valence-corrected chi connectivity index (χ1v) is 6.42. The van der Waals surface area contributed by atoms with Gasteiger partial charge in [0.05, 0.1) is 5.56 Å². The first kappa shape index (κ1) is 12.1. The number of hydrogen-bond acceptors (Lipinski definition) is 3. The number of carboxylic acid groups (broad SMARTS) is 1. The van der Waals surface area contributed by atoms with Crippen molar-refractivity contribution in [2.75, 3.05) is 0 Å². The summed E-state index contributed by atoms with van der Waals surface area (Å²) in [5.74, 6) is -0.874. The van der Waals surface area contributed by atoms with E-state index in [2.05, 4.69) is 24.5 Å². The van der Waals surface area contributed by atoms with Gasteiger partial charge in [0, 0.05) is 17.3 Å². The number of nitrogens with one attached hydrogen (secondary N) is 1. The van der Waals surface area contributed by atoms with Gasteiger partial charge < -0.3 is 10.4 Å². The second-order valence-corrected chi connectivity index (χ2v) is 5.22. The Balaban J connectivity index is 2.36. The molecule has 1 aromatic carbocycles. The predicted molar refractivity (Wildman–Crippen MR) is 70.8 cm³/mol. The van der Waals surface area contributed by atoms with Crippen molar-refractivity contribution in [2.24, 2.45) is 0 Å². The molecule has 0 saturated heterocycles. The highest BCUT2D eigenvalue weighted by molar-refractivity contribution is 7.17. The number of thiophene rings is 1. The fraction of sp³-hybridized carbons (Fsp3) is 0.308. The van der Waals surface area contributed by atoms with Gasteiger partial charge in [-0.15, -0.1) is 11.3 Å². The third kappa shape index (κ3) is 2.65. The van der Waals surface area contributed by atoms with Gasteiger partial charge in [-0.05, 0) is 34.5 Å². The number of rotatable bonds is 4. The van der Waals surface area contributed by atoms with Gasteiger partial charge in [0.25, 0.3) is 0 Å². The summed E-state index contributed by atoms with van der Waals surface area (Å²) in [6.45, 7) is 4.97. The van der Waals surface area contributed by atoms with Gasteiger partial charge in [-0.3, -0.25) is 0 Å². The van der Waals surface area contributed by atoms with E-state index in [1.54, 1.807) is 23.5 Å². The minimum Gasteiger partial charge on any atom is -0.478 e. The summed E-state index contributed by atoms with van der Waals surface area (Å²) in [5.41, 5.74) is 1.52. The van der Waals surface area contributed by atoms with Crippen molar-refractivity contribution in [1.29, 1.82) is 0 Å². The van der Waals surface area contributed by atoms with Crippen LogP contribution >= 0.6 is 11.3 Å². The Labute approximate surface area is 104 Å². The molecule has 0 saturated carbocycles. The largest absolute Gasteiger partial charge is 0.478 e. The number of carboxylic acids is 1. The summed E-state index contributed by atoms with van der Waals surface area (Å²) < 4.78 is 1.13. The lowest BCUT2D eigenvalue weighted by molar-refractivity contribution is 0.0697. The minimum absolute atomic E-state index is 0.349. The van der Waals surface area contributed by atoms with Crippen molar-refractivity contribution in [3.63, 3.8) is 0 Å². The Kier molecular flexibility index (Phi) is 3.45. The third-order valence-corrected chi connectivity index (χ3v) is 3.61. The van der Waals surface area contributed by atoms with Crippen LogP contribution in [-0.2, 0) is 6.54 Å². The molecular weight excluding hydrogens is 234 g/mol. The van der Waals surface area contributed by atoms with Crippen molar-refractivity contribution in [3.8, 4) is 0 Å². The van der Waals surface area contributed by atoms with E-state index in [0.717, 1.165) is 16.6 Å². The molecule has 0 unspecified atom stereocenters. The van der Waals surface area contributed by atoms with Gasteiger partial charge in [-0.25, -0.2) is 4.79 Å². The van der Waals surface area contributed by atoms with Crippen LogP contribution in [0.25, 0.3) is 10.1 Å². The summed E-state index contributed by atoms with van der Waals surface area (Å²) in [6, 6.07) is 5.71. The molecule has 0 atom stereocenters.